The molecule has 0 bridgehead atoms. The quantitative estimate of drug-likeness (QED) is 0.875. The summed E-state index contributed by atoms with van der Waals surface area (Å²) in [4.78, 5) is 11.6. The normalized spacial score (nSPS) is 26.5. The fourth-order valence-electron chi connectivity index (χ4n) is 2.67. The summed E-state index contributed by atoms with van der Waals surface area (Å²) in [6.07, 6.45) is 16.7. The summed E-state index contributed by atoms with van der Waals surface area (Å²) in [6.45, 7) is 6.06. The molecule has 1 aromatic heterocycles. The van der Waals surface area contributed by atoms with Crippen molar-refractivity contribution < 1.29 is 9.90 Å². The monoisotopic (exact) mass is 355 g/mol. The van der Waals surface area contributed by atoms with Gasteiger partial charge in [0.05, 0.1) is 0 Å². The molecule has 5 nitrogen and oxygen atoms in total. The molecule has 1 N–H and O–H groups in total. The largest absolute Gasteiger partial charge is 0.480 e. The second-order valence-corrected chi connectivity index (χ2v) is 7.61. The third kappa shape index (κ3) is 3.69. The van der Waals surface area contributed by atoms with E-state index in [1.807, 2.05) is 41.9 Å². The Kier molecular flexibility index (Phi) is 5.08. The van der Waals surface area contributed by atoms with E-state index in [2.05, 4.69) is 22.9 Å². The van der Waals surface area contributed by atoms with E-state index < -0.39 is 10.7 Å². The molecule has 3 rings (SSSR count). The minimum absolute atomic E-state index is 0.624. The Morgan fingerprint density at radius 2 is 2.16 bits per heavy atom. The summed E-state index contributed by atoms with van der Waals surface area (Å²) < 4.78 is 1.12. The molecule has 25 heavy (non-hydrogen) atoms. The van der Waals surface area contributed by atoms with Crippen LogP contribution < -0.4 is 0 Å². The summed E-state index contributed by atoms with van der Waals surface area (Å²) >= 11 is 1.31. The van der Waals surface area contributed by atoms with Crippen LogP contribution >= 0.6 is 11.8 Å². The predicted molar refractivity (Wildman–Crippen MR) is 100 cm³/mol. The number of carboxylic acids is 1. The van der Waals surface area contributed by atoms with Crippen LogP contribution in [-0.2, 0) is 4.79 Å². The Labute approximate surface area is 151 Å². The van der Waals surface area contributed by atoms with Gasteiger partial charge in [-0.2, -0.15) is 0 Å². The number of nitrogens with zero attached hydrogens (tertiary/aromatic N) is 3. The average Bonchev–Trinajstić information content (AvgIpc) is 3.00. The summed E-state index contributed by atoms with van der Waals surface area (Å²) in [5.74, 6) is -0.768. The summed E-state index contributed by atoms with van der Waals surface area (Å²) in [6, 6.07) is 0. The zero-order valence-corrected chi connectivity index (χ0v) is 15.0. The maximum atomic E-state index is 11.6. The van der Waals surface area contributed by atoms with Crippen LogP contribution in [0.3, 0.4) is 0 Å². The van der Waals surface area contributed by atoms with Crippen LogP contribution in [-0.4, -0.2) is 30.6 Å². The van der Waals surface area contributed by atoms with Crippen molar-refractivity contribution in [3.05, 3.63) is 60.5 Å². The first-order valence-electron chi connectivity index (χ1n) is 8.25. The van der Waals surface area contributed by atoms with Crippen molar-refractivity contribution in [2.75, 3.05) is 0 Å². The highest BCUT2D eigenvalue weighted by Crippen LogP contribution is 2.47. The van der Waals surface area contributed by atoms with E-state index >= 15 is 0 Å². The van der Waals surface area contributed by atoms with Crippen LogP contribution in [0.1, 0.15) is 32.6 Å². The standard InChI is InChI=1S/C19H21N3O2S/c1-14-7-4-3-5-8-16(10-9-15(14)2)22-13-20-21-18(22)25-19(17(23)24)11-6-12-19/h3-5,7,9-10,13H,1,6,8,11-12H2,2H3,(H,23,24)/b5-3-,7-4-,15-9-,16-10+. The third-order valence-corrected chi connectivity index (χ3v) is 6.00. The zero-order chi connectivity index (χ0) is 17.9. The van der Waals surface area contributed by atoms with Crippen LogP contribution in [0, 0.1) is 0 Å². The van der Waals surface area contributed by atoms with Crippen LogP contribution in [0.2, 0.25) is 0 Å². The number of allylic oxidation sites excluding steroid dienone is 9. The number of aliphatic carboxylic acids is 1. The van der Waals surface area contributed by atoms with Gasteiger partial charge in [0, 0.05) is 12.1 Å². The molecule has 2 aliphatic rings. The second-order valence-electron chi connectivity index (χ2n) is 6.26. The molecule has 0 unspecified atom stereocenters. The number of thioether (sulfide) groups is 1. The highest BCUT2D eigenvalue weighted by molar-refractivity contribution is 8.01. The minimum Gasteiger partial charge on any atom is -0.480 e. The number of rotatable bonds is 4. The van der Waals surface area contributed by atoms with Crippen molar-refractivity contribution in [3.63, 3.8) is 0 Å². The highest BCUT2D eigenvalue weighted by Gasteiger charge is 2.46. The molecule has 1 heterocycles. The fourth-order valence-corrected chi connectivity index (χ4v) is 3.95. The summed E-state index contributed by atoms with van der Waals surface area (Å²) in [5, 5.41) is 18.4. The van der Waals surface area contributed by atoms with E-state index in [1.165, 1.54) is 11.8 Å². The van der Waals surface area contributed by atoms with Gasteiger partial charge in [-0.1, -0.05) is 48.7 Å². The number of carbonyl (C=O) groups is 1. The Hall–Kier alpha value is -2.34. The van der Waals surface area contributed by atoms with Gasteiger partial charge < -0.3 is 5.11 Å². The first-order chi connectivity index (χ1) is 12.0. The Bertz CT molecular complexity index is 810. The van der Waals surface area contributed by atoms with E-state index in [1.54, 1.807) is 6.33 Å². The van der Waals surface area contributed by atoms with Crippen molar-refractivity contribution in [3.8, 4) is 0 Å². The van der Waals surface area contributed by atoms with E-state index in [-0.39, 0.29) is 0 Å². The molecule has 0 aliphatic heterocycles. The first-order valence-corrected chi connectivity index (χ1v) is 9.06. The fraction of sp³-hybridized carbons (Fsp3) is 0.316. The lowest BCUT2D eigenvalue weighted by Gasteiger charge is -2.36. The van der Waals surface area contributed by atoms with Gasteiger partial charge in [-0.15, -0.1) is 10.2 Å². The van der Waals surface area contributed by atoms with Gasteiger partial charge in [0.1, 0.15) is 11.1 Å². The molecule has 0 spiro atoms. The van der Waals surface area contributed by atoms with Crippen molar-refractivity contribution in [1.29, 1.82) is 0 Å². The summed E-state index contributed by atoms with van der Waals surface area (Å²) in [7, 11) is 0. The lowest BCUT2D eigenvalue weighted by Crippen LogP contribution is -2.42. The molecule has 0 atom stereocenters. The molecule has 0 saturated heterocycles. The molecule has 1 aromatic rings. The lowest BCUT2D eigenvalue weighted by molar-refractivity contribution is -0.142. The first kappa shape index (κ1) is 17.5. The Balaban J connectivity index is 1.92. The number of hydrogen-bond acceptors (Lipinski definition) is 4. The van der Waals surface area contributed by atoms with Gasteiger partial charge >= 0.3 is 5.97 Å². The van der Waals surface area contributed by atoms with Crippen molar-refractivity contribution >= 4 is 23.4 Å². The molecule has 1 saturated carbocycles. The smallest absolute Gasteiger partial charge is 0.320 e. The van der Waals surface area contributed by atoms with E-state index in [4.69, 9.17) is 0 Å². The molecule has 0 aromatic carbocycles. The number of hydrogen-bond donors (Lipinski definition) is 1. The molecule has 1 fully saturated rings. The predicted octanol–water partition coefficient (Wildman–Crippen LogP) is 4.24. The van der Waals surface area contributed by atoms with Crippen molar-refractivity contribution in [2.24, 2.45) is 0 Å². The molecule has 6 heteroatoms. The second kappa shape index (κ2) is 7.27. The minimum atomic E-state index is -0.768. The Morgan fingerprint density at radius 3 is 2.84 bits per heavy atom. The van der Waals surface area contributed by atoms with E-state index in [0.29, 0.717) is 24.4 Å². The maximum Gasteiger partial charge on any atom is 0.320 e. The molecule has 130 valence electrons. The molecular weight excluding hydrogens is 334 g/mol. The zero-order valence-electron chi connectivity index (χ0n) is 14.2. The van der Waals surface area contributed by atoms with Gasteiger partial charge in [-0.25, -0.2) is 0 Å². The molecule has 0 amide bonds. The van der Waals surface area contributed by atoms with Gasteiger partial charge in [-0.05, 0) is 43.4 Å². The van der Waals surface area contributed by atoms with Gasteiger partial charge in [0.2, 0.25) is 0 Å². The van der Waals surface area contributed by atoms with Crippen LogP contribution in [0.15, 0.2) is 65.7 Å². The van der Waals surface area contributed by atoms with Gasteiger partial charge in [0.15, 0.2) is 5.16 Å². The van der Waals surface area contributed by atoms with Crippen LogP contribution in [0.5, 0.6) is 0 Å². The third-order valence-electron chi connectivity index (χ3n) is 4.57. The van der Waals surface area contributed by atoms with E-state index in [0.717, 1.165) is 23.3 Å². The highest BCUT2D eigenvalue weighted by atomic mass is 32.2. The SMILES string of the molecule is C=C1/C=C\C=C/C/C(n2cnnc2SC2(C(=O)O)CCC2)=C\C=C/1C. The number of carboxylic acid groups (broad SMARTS) is 1. The van der Waals surface area contributed by atoms with Gasteiger partial charge in [-0.3, -0.25) is 9.36 Å². The summed E-state index contributed by atoms with van der Waals surface area (Å²) in [5.41, 5.74) is 3.03. The molecule has 2 aliphatic carbocycles. The lowest BCUT2D eigenvalue weighted by atomic mass is 9.84. The van der Waals surface area contributed by atoms with Crippen LogP contribution in [0.4, 0.5) is 0 Å². The Morgan fingerprint density at radius 1 is 1.36 bits per heavy atom. The molecular formula is C19H21N3O2S. The maximum absolute atomic E-state index is 11.6. The molecule has 0 radical (unpaired) electrons. The number of aromatic nitrogens is 3. The topological polar surface area (TPSA) is 68.0 Å². The van der Waals surface area contributed by atoms with Crippen molar-refractivity contribution in [2.45, 2.75) is 42.5 Å². The van der Waals surface area contributed by atoms with Crippen LogP contribution in [0.25, 0.3) is 5.70 Å². The van der Waals surface area contributed by atoms with Gasteiger partial charge in [0.25, 0.3) is 0 Å². The van der Waals surface area contributed by atoms with Crippen molar-refractivity contribution in [1.82, 2.24) is 14.8 Å². The van der Waals surface area contributed by atoms with E-state index in [9.17, 15) is 9.90 Å². The average molecular weight is 355 g/mol.